The summed E-state index contributed by atoms with van der Waals surface area (Å²) in [5, 5.41) is 0.875. The van der Waals surface area contributed by atoms with Crippen molar-refractivity contribution in [3.63, 3.8) is 0 Å². The van der Waals surface area contributed by atoms with E-state index in [1.54, 1.807) is 28.9 Å². The number of esters is 1. The SMILES string of the molecule is C=CCn1c(S[C@@H](C)C(=O)OC)nc2sc3c(c2c1=O)CCCC3. The number of hydrogen-bond acceptors (Lipinski definition) is 6. The number of aromatic nitrogens is 2. The first-order valence-electron chi connectivity index (χ1n) is 7.97. The van der Waals surface area contributed by atoms with Gasteiger partial charge in [0.25, 0.3) is 5.56 Å². The van der Waals surface area contributed by atoms with Gasteiger partial charge in [0, 0.05) is 11.4 Å². The lowest BCUT2D eigenvalue weighted by atomic mass is 9.97. The molecule has 1 atom stereocenters. The van der Waals surface area contributed by atoms with Crippen molar-refractivity contribution in [3.05, 3.63) is 33.4 Å². The van der Waals surface area contributed by atoms with Crippen molar-refractivity contribution in [2.24, 2.45) is 0 Å². The average Bonchev–Trinajstić information content (AvgIpc) is 2.95. The van der Waals surface area contributed by atoms with Crippen molar-refractivity contribution in [2.75, 3.05) is 7.11 Å². The second-order valence-corrected chi connectivity index (χ2v) is 8.16. The number of thioether (sulfide) groups is 1. The summed E-state index contributed by atoms with van der Waals surface area (Å²) < 4.78 is 6.39. The zero-order valence-electron chi connectivity index (χ0n) is 13.8. The molecule has 3 rings (SSSR count). The molecule has 0 radical (unpaired) electrons. The van der Waals surface area contributed by atoms with Gasteiger partial charge < -0.3 is 4.74 Å². The zero-order chi connectivity index (χ0) is 17.3. The van der Waals surface area contributed by atoms with Crippen LogP contribution in [-0.2, 0) is 28.9 Å². The summed E-state index contributed by atoms with van der Waals surface area (Å²) in [6, 6.07) is 0. The van der Waals surface area contributed by atoms with Crippen LogP contribution in [0.1, 0.15) is 30.2 Å². The summed E-state index contributed by atoms with van der Waals surface area (Å²) in [6.07, 6.45) is 5.95. The topological polar surface area (TPSA) is 61.2 Å². The van der Waals surface area contributed by atoms with Gasteiger partial charge in [-0.05, 0) is 38.2 Å². The molecule has 128 valence electrons. The molecule has 2 heterocycles. The fraction of sp³-hybridized carbons (Fsp3) is 0.471. The van der Waals surface area contributed by atoms with Crippen molar-refractivity contribution < 1.29 is 9.53 Å². The third-order valence-electron chi connectivity index (χ3n) is 4.17. The van der Waals surface area contributed by atoms with Crippen LogP contribution < -0.4 is 5.56 Å². The van der Waals surface area contributed by atoms with Crippen LogP contribution in [0.15, 0.2) is 22.6 Å². The fourth-order valence-corrected chi connectivity index (χ4v) is 5.22. The summed E-state index contributed by atoms with van der Waals surface area (Å²) in [7, 11) is 1.36. The molecule has 0 bridgehead atoms. The summed E-state index contributed by atoms with van der Waals surface area (Å²) in [4.78, 5) is 31.5. The van der Waals surface area contributed by atoms with Crippen LogP contribution in [0, 0.1) is 0 Å². The summed E-state index contributed by atoms with van der Waals surface area (Å²) in [5.74, 6) is -0.329. The largest absolute Gasteiger partial charge is 0.468 e. The molecule has 1 aliphatic carbocycles. The van der Waals surface area contributed by atoms with Gasteiger partial charge in [0.05, 0.1) is 12.5 Å². The fourth-order valence-electron chi connectivity index (χ4n) is 2.97. The third kappa shape index (κ3) is 3.02. The van der Waals surface area contributed by atoms with Gasteiger partial charge in [-0.3, -0.25) is 14.2 Å². The molecule has 0 amide bonds. The molecule has 0 aliphatic heterocycles. The average molecular weight is 364 g/mol. The number of aryl methyl sites for hydroxylation is 2. The van der Waals surface area contributed by atoms with E-state index in [0.717, 1.165) is 29.5 Å². The van der Waals surface area contributed by atoms with E-state index >= 15 is 0 Å². The highest BCUT2D eigenvalue weighted by Gasteiger charge is 2.24. The van der Waals surface area contributed by atoms with Crippen molar-refractivity contribution in [1.82, 2.24) is 9.55 Å². The molecule has 0 unspecified atom stereocenters. The van der Waals surface area contributed by atoms with Gasteiger partial charge in [0.1, 0.15) is 10.1 Å². The van der Waals surface area contributed by atoms with Crippen LogP contribution in [-0.4, -0.2) is 27.9 Å². The van der Waals surface area contributed by atoms with Crippen LogP contribution in [0.5, 0.6) is 0 Å². The normalized spacial score (nSPS) is 15.1. The third-order valence-corrected chi connectivity index (χ3v) is 6.42. The Bertz CT molecular complexity index is 854. The van der Waals surface area contributed by atoms with E-state index < -0.39 is 5.25 Å². The standard InChI is InChI=1S/C17H20N2O3S2/c1-4-9-19-15(20)13-11-7-5-6-8-12(11)24-14(13)18-17(19)23-10(2)16(21)22-3/h4,10H,1,5-9H2,2-3H3/t10-/m0/s1. The summed E-state index contributed by atoms with van der Waals surface area (Å²) in [6.45, 7) is 5.87. The number of carbonyl (C=O) groups is 1. The Morgan fingerprint density at radius 1 is 1.50 bits per heavy atom. The number of nitrogens with zero attached hydrogens (tertiary/aromatic N) is 2. The van der Waals surface area contributed by atoms with Crippen LogP contribution in [0.3, 0.4) is 0 Å². The first-order valence-corrected chi connectivity index (χ1v) is 9.67. The van der Waals surface area contributed by atoms with Crippen molar-refractivity contribution in [2.45, 2.75) is 49.6 Å². The van der Waals surface area contributed by atoms with Crippen LogP contribution in [0.2, 0.25) is 0 Å². The second kappa shape index (κ2) is 7.11. The highest BCUT2D eigenvalue weighted by molar-refractivity contribution is 8.00. The Morgan fingerprint density at radius 3 is 2.96 bits per heavy atom. The molecule has 0 fully saturated rings. The highest BCUT2D eigenvalue weighted by atomic mass is 32.2. The smallest absolute Gasteiger partial charge is 0.318 e. The number of thiophene rings is 1. The predicted octanol–water partition coefficient (Wildman–Crippen LogP) is 3.18. The molecular weight excluding hydrogens is 344 g/mol. The van der Waals surface area contributed by atoms with Crippen molar-refractivity contribution in [3.8, 4) is 0 Å². The van der Waals surface area contributed by atoms with Crippen molar-refractivity contribution in [1.29, 1.82) is 0 Å². The first kappa shape index (κ1) is 17.2. The molecule has 0 saturated carbocycles. The van der Waals surface area contributed by atoms with Crippen molar-refractivity contribution >= 4 is 39.3 Å². The van der Waals surface area contributed by atoms with Gasteiger partial charge in [-0.2, -0.15) is 0 Å². The second-order valence-electron chi connectivity index (χ2n) is 5.77. The van der Waals surface area contributed by atoms with Gasteiger partial charge in [-0.1, -0.05) is 17.8 Å². The van der Waals surface area contributed by atoms with Gasteiger partial charge in [0.2, 0.25) is 0 Å². The lowest BCUT2D eigenvalue weighted by molar-refractivity contribution is -0.139. The van der Waals surface area contributed by atoms with E-state index in [1.165, 1.54) is 35.7 Å². The molecule has 24 heavy (non-hydrogen) atoms. The number of rotatable bonds is 5. The quantitative estimate of drug-likeness (QED) is 0.353. The number of hydrogen-bond donors (Lipinski definition) is 0. The van der Waals surface area contributed by atoms with E-state index in [1.807, 2.05) is 0 Å². The molecule has 5 nitrogen and oxygen atoms in total. The number of methoxy groups -OCH3 is 1. The Kier molecular flexibility index (Phi) is 5.10. The lowest BCUT2D eigenvalue weighted by Gasteiger charge is -2.14. The molecule has 1 aliphatic rings. The van der Waals surface area contributed by atoms with Crippen LogP contribution >= 0.6 is 23.1 Å². The highest BCUT2D eigenvalue weighted by Crippen LogP contribution is 2.35. The lowest BCUT2D eigenvalue weighted by Crippen LogP contribution is -2.25. The summed E-state index contributed by atoms with van der Waals surface area (Å²) >= 11 is 2.87. The maximum absolute atomic E-state index is 13.0. The monoisotopic (exact) mass is 364 g/mol. The maximum atomic E-state index is 13.0. The minimum absolute atomic E-state index is 0.0288. The molecule has 7 heteroatoms. The number of ether oxygens (including phenoxy) is 1. The molecule has 2 aromatic heterocycles. The summed E-state index contributed by atoms with van der Waals surface area (Å²) in [5.41, 5.74) is 1.15. The first-order chi connectivity index (χ1) is 11.6. The van der Waals surface area contributed by atoms with Crippen LogP contribution in [0.25, 0.3) is 10.2 Å². The maximum Gasteiger partial charge on any atom is 0.318 e. The Hall–Kier alpha value is -1.60. The zero-order valence-corrected chi connectivity index (χ0v) is 15.5. The molecule has 0 saturated heterocycles. The molecular formula is C17H20N2O3S2. The number of carbonyl (C=O) groups excluding carboxylic acids is 1. The molecule has 0 spiro atoms. The molecule has 0 aromatic carbocycles. The predicted molar refractivity (Wildman–Crippen MR) is 98.1 cm³/mol. The van der Waals surface area contributed by atoms with E-state index in [-0.39, 0.29) is 11.5 Å². The van der Waals surface area contributed by atoms with Crippen LogP contribution in [0.4, 0.5) is 0 Å². The Balaban J connectivity index is 2.14. The Morgan fingerprint density at radius 2 is 2.25 bits per heavy atom. The Labute approximate surface area is 148 Å². The van der Waals surface area contributed by atoms with Gasteiger partial charge in [0.15, 0.2) is 5.16 Å². The van der Waals surface area contributed by atoms with Gasteiger partial charge in [-0.15, -0.1) is 17.9 Å². The minimum Gasteiger partial charge on any atom is -0.468 e. The van der Waals surface area contributed by atoms with E-state index in [0.29, 0.717) is 11.7 Å². The number of allylic oxidation sites excluding steroid dienone is 1. The van der Waals surface area contributed by atoms with Gasteiger partial charge in [-0.25, -0.2) is 4.98 Å². The number of fused-ring (bicyclic) bond motifs is 3. The van der Waals surface area contributed by atoms with E-state index in [9.17, 15) is 9.59 Å². The van der Waals surface area contributed by atoms with E-state index in [2.05, 4.69) is 6.58 Å². The minimum atomic E-state index is -0.426. The molecule has 2 aromatic rings. The molecule has 0 N–H and O–H groups in total. The van der Waals surface area contributed by atoms with Gasteiger partial charge >= 0.3 is 5.97 Å². The van der Waals surface area contributed by atoms with E-state index in [4.69, 9.17) is 9.72 Å².